The Morgan fingerprint density at radius 1 is 1.00 bits per heavy atom. The molecule has 0 unspecified atom stereocenters. The van der Waals surface area contributed by atoms with Crippen molar-refractivity contribution in [1.82, 2.24) is 9.97 Å². The number of aromatic nitrogens is 2. The number of nitrogens with one attached hydrogen (secondary N) is 2. The van der Waals surface area contributed by atoms with Crippen molar-refractivity contribution in [1.29, 1.82) is 0 Å². The zero-order valence-electron chi connectivity index (χ0n) is 12.2. The number of amides is 2. The summed E-state index contributed by atoms with van der Waals surface area (Å²) in [4.78, 5) is 32.2. The van der Waals surface area contributed by atoms with Crippen molar-refractivity contribution < 1.29 is 9.59 Å². The van der Waals surface area contributed by atoms with E-state index in [0.717, 1.165) is 4.47 Å². The molecule has 0 saturated carbocycles. The van der Waals surface area contributed by atoms with Crippen LogP contribution in [0.4, 0.5) is 10.8 Å². The Labute approximate surface area is 150 Å². The minimum atomic E-state index is -0.274. The van der Waals surface area contributed by atoms with Crippen LogP contribution in [0.2, 0.25) is 0 Å². The Kier molecular flexibility index (Phi) is 4.97. The molecule has 8 heteroatoms. The first-order valence-electron chi connectivity index (χ1n) is 6.84. The smallest absolute Gasteiger partial charge is 0.257 e. The zero-order valence-corrected chi connectivity index (χ0v) is 14.6. The van der Waals surface area contributed by atoms with Gasteiger partial charge in [-0.05, 0) is 46.3 Å². The molecule has 0 atom stereocenters. The van der Waals surface area contributed by atoms with Crippen LogP contribution in [-0.2, 0) is 0 Å². The van der Waals surface area contributed by atoms with Crippen LogP contribution >= 0.6 is 27.3 Å². The first kappa shape index (κ1) is 16.3. The van der Waals surface area contributed by atoms with Gasteiger partial charge in [0.15, 0.2) is 5.13 Å². The number of thiazole rings is 1. The number of rotatable bonds is 4. The number of benzene rings is 1. The topological polar surface area (TPSA) is 84.0 Å². The van der Waals surface area contributed by atoms with E-state index in [4.69, 9.17) is 0 Å². The number of halogens is 1. The Balaban J connectivity index is 1.66. The number of anilines is 2. The van der Waals surface area contributed by atoms with E-state index in [9.17, 15) is 9.59 Å². The summed E-state index contributed by atoms with van der Waals surface area (Å²) in [6.45, 7) is 0. The summed E-state index contributed by atoms with van der Waals surface area (Å²) in [5.74, 6) is -0.525. The zero-order chi connectivity index (χ0) is 16.9. The maximum absolute atomic E-state index is 12.1. The lowest BCUT2D eigenvalue weighted by Crippen LogP contribution is -2.13. The molecular weight excluding hydrogens is 392 g/mol. The molecule has 2 aromatic heterocycles. The Morgan fingerprint density at radius 2 is 1.75 bits per heavy atom. The average Bonchev–Trinajstić information content (AvgIpc) is 3.08. The van der Waals surface area contributed by atoms with E-state index in [1.165, 1.54) is 17.5 Å². The summed E-state index contributed by atoms with van der Waals surface area (Å²) in [6, 6.07) is 8.29. The Bertz CT molecular complexity index is 866. The minimum absolute atomic E-state index is 0.251. The summed E-state index contributed by atoms with van der Waals surface area (Å²) in [7, 11) is 0. The number of hydrogen-bond donors (Lipinski definition) is 2. The van der Waals surface area contributed by atoms with Crippen LogP contribution in [0.15, 0.2) is 58.8 Å². The van der Waals surface area contributed by atoms with Crippen molar-refractivity contribution in [3.8, 4) is 0 Å². The molecule has 2 amide bonds. The van der Waals surface area contributed by atoms with Gasteiger partial charge in [-0.2, -0.15) is 0 Å². The van der Waals surface area contributed by atoms with E-state index in [2.05, 4.69) is 36.5 Å². The fourth-order valence-electron chi connectivity index (χ4n) is 1.90. The molecule has 0 aliphatic rings. The maximum atomic E-state index is 12.1. The number of carbonyl (C=O) groups excluding carboxylic acids is 2. The van der Waals surface area contributed by atoms with Gasteiger partial charge >= 0.3 is 0 Å². The highest BCUT2D eigenvalue weighted by molar-refractivity contribution is 9.10. The monoisotopic (exact) mass is 402 g/mol. The number of nitrogens with zero attached hydrogens (tertiary/aromatic N) is 2. The van der Waals surface area contributed by atoms with Crippen molar-refractivity contribution >= 4 is 49.9 Å². The molecule has 0 aliphatic heterocycles. The van der Waals surface area contributed by atoms with Crippen LogP contribution in [0.3, 0.4) is 0 Å². The lowest BCUT2D eigenvalue weighted by Gasteiger charge is -2.07. The molecular formula is C16H11BrN4O2S. The number of hydrogen-bond acceptors (Lipinski definition) is 5. The first-order valence-corrected chi connectivity index (χ1v) is 8.52. The average molecular weight is 403 g/mol. The van der Waals surface area contributed by atoms with Gasteiger partial charge in [0.2, 0.25) is 0 Å². The molecule has 3 aromatic rings. The minimum Gasteiger partial charge on any atom is -0.322 e. The predicted molar refractivity (Wildman–Crippen MR) is 96.4 cm³/mol. The molecule has 24 heavy (non-hydrogen) atoms. The van der Waals surface area contributed by atoms with Gasteiger partial charge in [-0.3, -0.25) is 19.9 Å². The van der Waals surface area contributed by atoms with E-state index < -0.39 is 0 Å². The van der Waals surface area contributed by atoms with E-state index >= 15 is 0 Å². The van der Waals surface area contributed by atoms with Crippen molar-refractivity contribution in [3.63, 3.8) is 0 Å². The van der Waals surface area contributed by atoms with Crippen molar-refractivity contribution in [3.05, 3.63) is 69.9 Å². The highest BCUT2D eigenvalue weighted by Crippen LogP contribution is 2.16. The van der Waals surface area contributed by atoms with Gasteiger partial charge in [0, 0.05) is 39.7 Å². The lowest BCUT2D eigenvalue weighted by molar-refractivity contribution is 0.101. The van der Waals surface area contributed by atoms with E-state index in [1.54, 1.807) is 48.1 Å². The molecule has 0 fully saturated rings. The standard InChI is InChI=1S/C16H11BrN4O2S/c17-12-7-11(8-18-9-12)15(23)20-13-3-1-10(2-4-13)14(22)21-16-19-5-6-24-16/h1-9H,(H,20,23)(H,19,21,22). The highest BCUT2D eigenvalue weighted by atomic mass is 79.9. The van der Waals surface area contributed by atoms with Crippen LogP contribution in [0, 0.1) is 0 Å². The third kappa shape index (κ3) is 4.03. The van der Waals surface area contributed by atoms with Crippen LogP contribution in [0.1, 0.15) is 20.7 Å². The highest BCUT2D eigenvalue weighted by Gasteiger charge is 2.10. The summed E-state index contributed by atoms with van der Waals surface area (Å²) in [5, 5.41) is 7.78. The van der Waals surface area contributed by atoms with Crippen LogP contribution < -0.4 is 10.6 Å². The molecule has 3 rings (SSSR count). The molecule has 2 N–H and O–H groups in total. The SMILES string of the molecule is O=C(Nc1ccc(C(=O)Nc2nccs2)cc1)c1cncc(Br)c1. The largest absolute Gasteiger partial charge is 0.322 e. The molecule has 0 spiro atoms. The molecule has 0 saturated heterocycles. The van der Waals surface area contributed by atoms with Gasteiger partial charge in [0.25, 0.3) is 11.8 Å². The third-order valence-corrected chi connectivity index (χ3v) is 4.15. The van der Waals surface area contributed by atoms with Crippen molar-refractivity contribution in [2.75, 3.05) is 10.6 Å². The maximum Gasteiger partial charge on any atom is 0.257 e. The molecule has 0 aliphatic carbocycles. The summed E-state index contributed by atoms with van der Waals surface area (Å²) in [5.41, 5.74) is 1.51. The van der Waals surface area contributed by atoms with Gasteiger partial charge in [-0.15, -0.1) is 11.3 Å². The van der Waals surface area contributed by atoms with Gasteiger partial charge < -0.3 is 5.32 Å². The molecule has 1 aromatic carbocycles. The second-order valence-electron chi connectivity index (χ2n) is 4.71. The van der Waals surface area contributed by atoms with E-state index in [-0.39, 0.29) is 11.8 Å². The van der Waals surface area contributed by atoms with Crippen LogP contribution in [0.25, 0.3) is 0 Å². The molecule has 6 nitrogen and oxygen atoms in total. The predicted octanol–water partition coefficient (Wildman–Crippen LogP) is 3.81. The Morgan fingerprint density at radius 3 is 2.42 bits per heavy atom. The summed E-state index contributed by atoms with van der Waals surface area (Å²) < 4.78 is 0.726. The summed E-state index contributed by atoms with van der Waals surface area (Å²) in [6.07, 6.45) is 4.71. The fraction of sp³-hybridized carbons (Fsp3) is 0. The van der Waals surface area contributed by atoms with Crippen LogP contribution in [-0.4, -0.2) is 21.8 Å². The first-order chi connectivity index (χ1) is 11.6. The summed E-state index contributed by atoms with van der Waals surface area (Å²) >= 11 is 4.62. The second-order valence-corrected chi connectivity index (χ2v) is 6.52. The van der Waals surface area contributed by atoms with Crippen LogP contribution in [0.5, 0.6) is 0 Å². The lowest BCUT2D eigenvalue weighted by atomic mass is 10.2. The van der Waals surface area contributed by atoms with Crippen molar-refractivity contribution in [2.45, 2.75) is 0 Å². The number of pyridine rings is 1. The fourth-order valence-corrected chi connectivity index (χ4v) is 2.79. The molecule has 120 valence electrons. The van der Waals surface area contributed by atoms with Crippen molar-refractivity contribution in [2.24, 2.45) is 0 Å². The normalized spacial score (nSPS) is 10.2. The Hall–Kier alpha value is -2.58. The molecule has 0 radical (unpaired) electrons. The van der Waals surface area contributed by atoms with Gasteiger partial charge in [0.1, 0.15) is 0 Å². The van der Waals surface area contributed by atoms with E-state index in [1.807, 2.05) is 0 Å². The quantitative estimate of drug-likeness (QED) is 0.694. The van der Waals surface area contributed by atoms with Gasteiger partial charge in [0.05, 0.1) is 5.56 Å². The number of carbonyl (C=O) groups is 2. The molecule has 0 bridgehead atoms. The third-order valence-electron chi connectivity index (χ3n) is 3.02. The molecule has 2 heterocycles. The van der Waals surface area contributed by atoms with Gasteiger partial charge in [-0.25, -0.2) is 4.98 Å². The second kappa shape index (κ2) is 7.33. The van der Waals surface area contributed by atoms with E-state index in [0.29, 0.717) is 21.9 Å². The van der Waals surface area contributed by atoms with Gasteiger partial charge in [-0.1, -0.05) is 0 Å².